The van der Waals surface area contributed by atoms with E-state index in [4.69, 9.17) is 9.47 Å². The van der Waals surface area contributed by atoms with Gasteiger partial charge in [0, 0.05) is 12.8 Å². The van der Waals surface area contributed by atoms with E-state index in [0.29, 0.717) is 12.8 Å². The number of aliphatic hydroxyl groups excluding tert-OH is 1. The normalized spacial score (nSPS) is 12.6. The molecule has 0 aromatic rings. The Hall–Kier alpha value is -2.14. The van der Waals surface area contributed by atoms with Crippen molar-refractivity contribution < 1.29 is 24.2 Å². The third-order valence-electron chi connectivity index (χ3n) is 10.6. The number of ether oxygens (including phenoxy) is 2. The third-order valence-corrected chi connectivity index (χ3v) is 10.6. The van der Waals surface area contributed by atoms with Crippen LogP contribution in [0.5, 0.6) is 0 Å². The Morgan fingerprint density at radius 1 is 0.429 bits per heavy atom. The van der Waals surface area contributed by atoms with Gasteiger partial charge in [0.15, 0.2) is 6.10 Å². The van der Waals surface area contributed by atoms with Crippen molar-refractivity contribution in [1.82, 2.24) is 0 Å². The highest BCUT2D eigenvalue weighted by molar-refractivity contribution is 5.70. The van der Waals surface area contributed by atoms with Crippen molar-refractivity contribution in [3.8, 4) is 0 Å². The summed E-state index contributed by atoms with van der Waals surface area (Å²) in [5.41, 5.74) is 0. The van der Waals surface area contributed by atoms with Gasteiger partial charge in [-0.05, 0) is 70.6 Å². The van der Waals surface area contributed by atoms with Crippen molar-refractivity contribution in [2.75, 3.05) is 13.2 Å². The maximum absolute atomic E-state index is 12.2. The van der Waals surface area contributed by atoms with Gasteiger partial charge >= 0.3 is 11.9 Å². The van der Waals surface area contributed by atoms with Crippen LogP contribution in [0.1, 0.15) is 245 Å². The van der Waals surface area contributed by atoms with Crippen LogP contribution in [0, 0.1) is 0 Å². The van der Waals surface area contributed by atoms with Crippen molar-refractivity contribution in [1.29, 1.82) is 0 Å². The number of esters is 2. The number of unbranched alkanes of at least 4 members (excludes halogenated alkanes) is 28. The maximum Gasteiger partial charge on any atom is 0.306 e. The summed E-state index contributed by atoms with van der Waals surface area (Å²) in [6.07, 6.45) is 60.8. The molecule has 0 amide bonds. The molecule has 0 aromatic heterocycles. The molecular formula is C51H92O5. The lowest BCUT2D eigenvalue weighted by molar-refractivity contribution is -0.161. The molecule has 0 heterocycles. The van der Waals surface area contributed by atoms with Crippen molar-refractivity contribution in [2.24, 2.45) is 0 Å². The van der Waals surface area contributed by atoms with E-state index in [-0.39, 0.29) is 25.2 Å². The molecule has 0 rings (SSSR count). The molecule has 1 unspecified atom stereocenters. The highest BCUT2D eigenvalue weighted by Gasteiger charge is 2.16. The van der Waals surface area contributed by atoms with E-state index >= 15 is 0 Å². The zero-order chi connectivity index (χ0) is 40.7. The quantitative estimate of drug-likeness (QED) is 0.0378. The minimum Gasteiger partial charge on any atom is -0.462 e. The summed E-state index contributed by atoms with van der Waals surface area (Å²) in [5, 5.41) is 9.58. The summed E-state index contributed by atoms with van der Waals surface area (Å²) in [5.74, 6) is -0.619. The molecule has 0 bridgehead atoms. The first-order chi connectivity index (χ1) is 27.6. The van der Waals surface area contributed by atoms with Crippen LogP contribution in [0.25, 0.3) is 0 Å². The largest absolute Gasteiger partial charge is 0.462 e. The summed E-state index contributed by atoms with van der Waals surface area (Å²) >= 11 is 0. The molecule has 0 saturated heterocycles. The zero-order valence-corrected chi connectivity index (χ0v) is 37.1. The van der Waals surface area contributed by atoms with Crippen LogP contribution in [0.4, 0.5) is 0 Å². The van der Waals surface area contributed by atoms with E-state index in [1.807, 2.05) is 0 Å². The fraction of sp³-hybridized carbons (Fsp3) is 0.804. The number of rotatable bonds is 44. The monoisotopic (exact) mass is 785 g/mol. The number of carbonyl (C=O) groups is 2. The predicted molar refractivity (Wildman–Crippen MR) is 242 cm³/mol. The Bertz CT molecular complexity index is 935. The van der Waals surface area contributed by atoms with E-state index < -0.39 is 6.10 Å². The van der Waals surface area contributed by atoms with E-state index in [1.165, 1.54) is 154 Å². The van der Waals surface area contributed by atoms with Gasteiger partial charge in [0.1, 0.15) is 6.61 Å². The molecule has 0 aliphatic heterocycles. The molecule has 0 aliphatic carbocycles. The standard InChI is InChI=1S/C51H92O5/c1-3-5-7-9-11-13-15-17-18-19-20-21-22-23-24-25-26-27-28-29-30-31-32-34-35-37-39-41-43-45-50(53)55-48-49(47-52)56-51(54)46-44-42-40-38-36-33-16-14-12-10-8-6-4-2/h6,8,12,14,19-20,33,36,49,52H,3-5,7,9-11,13,15-18,21-32,34-35,37-48H2,1-2H3/b8-6-,14-12-,20-19-,36-33-. The smallest absolute Gasteiger partial charge is 0.306 e. The topological polar surface area (TPSA) is 72.8 Å². The average Bonchev–Trinajstić information content (AvgIpc) is 3.20. The van der Waals surface area contributed by atoms with Crippen LogP contribution >= 0.6 is 0 Å². The van der Waals surface area contributed by atoms with Gasteiger partial charge in [-0.1, -0.05) is 210 Å². The number of aliphatic hydroxyl groups is 1. The molecule has 0 fully saturated rings. The summed E-state index contributed by atoms with van der Waals surface area (Å²) in [6.45, 7) is 4.01. The Morgan fingerprint density at radius 2 is 0.768 bits per heavy atom. The number of hydrogen-bond donors (Lipinski definition) is 1. The minimum atomic E-state index is -0.786. The van der Waals surface area contributed by atoms with Crippen LogP contribution in [0.2, 0.25) is 0 Å². The van der Waals surface area contributed by atoms with Gasteiger partial charge < -0.3 is 14.6 Å². The predicted octanol–water partition coefficient (Wildman–Crippen LogP) is 15.7. The molecule has 0 radical (unpaired) electrons. The fourth-order valence-electron chi connectivity index (χ4n) is 6.98. The second-order valence-corrected chi connectivity index (χ2v) is 16.2. The molecule has 1 N–H and O–H groups in total. The van der Waals surface area contributed by atoms with E-state index in [1.54, 1.807) is 0 Å². The van der Waals surface area contributed by atoms with Gasteiger partial charge in [0.05, 0.1) is 6.61 Å². The van der Waals surface area contributed by atoms with E-state index in [2.05, 4.69) is 62.5 Å². The first-order valence-electron chi connectivity index (χ1n) is 24.2. The molecular weight excluding hydrogens is 693 g/mol. The van der Waals surface area contributed by atoms with E-state index in [9.17, 15) is 14.7 Å². The zero-order valence-electron chi connectivity index (χ0n) is 37.1. The summed E-state index contributed by atoms with van der Waals surface area (Å²) in [7, 11) is 0. The van der Waals surface area contributed by atoms with Gasteiger partial charge in [-0.25, -0.2) is 0 Å². The Balaban J connectivity index is 3.45. The molecule has 5 nitrogen and oxygen atoms in total. The highest BCUT2D eigenvalue weighted by Crippen LogP contribution is 2.16. The lowest BCUT2D eigenvalue weighted by Gasteiger charge is -2.15. The average molecular weight is 785 g/mol. The van der Waals surface area contributed by atoms with Gasteiger partial charge in [-0.3, -0.25) is 9.59 Å². The lowest BCUT2D eigenvalue weighted by Crippen LogP contribution is -2.28. The molecule has 0 aromatic carbocycles. The van der Waals surface area contributed by atoms with Crippen LogP contribution in [0.15, 0.2) is 48.6 Å². The van der Waals surface area contributed by atoms with Gasteiger partial charge in [-0.15, -0.1) is 0 Å². The van der Waals surface area contributed by atoms with Crippen LogP contribution in [-0.2, 0) is 19.1 Å². The van der Waals surface area contributed by atoms with Gasteiger partial charge in [0.2, 0.25) is 0 Å². The number of allylic oxidation sites excluding steroid dienone is 8. The van der Waals surface area contributed by atoms with Crippen LogP contribution in [-0.4, -0.2) is 36.4 Å². The van der Waals surface area contributed by atoms with Crippen LogP contribution in [0.3, 0.4) is 0 Å². The van der Waals surface area contributed by atoms with Crippen LogP contribution < -0.4 is 0 Å². The minimum absolute atomic E-state index is 0.0764. The maximum atomic E-state index is 12.2. The molecule has 5 heteroatoms. The van der Waals surface area contributed by atoms with E-state index in [0.717, 1.165) is 64.2 Å². The van der Waals surface area contributed by atoms with Gasteiger partial charge in [-0.2, -0.15) is 0 Å². The SMILES string of the molecule is CC/C=C\C/C=C\C/C=C\CCCCCC(=O)OC(CO)COC(=O)CCCCCCCCCCCCCCCCCCC/C=C\CCCCCCCCCC. The first kappa shape index (κ1) is 53.9. The Labute approximate surface area is 348 Å². The highest BCUT2D eigenvalue weighted by atomic mass is 16.6. The van der Waals surface area contributed by atoms with Crippen molar-refractivity contribution in [3.63, 3.8) is 0 Å². The molecule has 0 aliphatic rings. The second-order valence-electron chi connectivity index (χ2n) is 16.2. The summed E-state index contributed by atoms with van der Waals surface area (Å²) in [4.78, 5) is 24.3. The molecule has 1 atom stereocenters. The number of carbonyl (C=O) groups excluding carboxylic acids is 2. The molecule has 326 valence electrons. The molecule has 0 saturated carbocycles. The van der Waals surface area contributed by atoms with Crippen molar-refractivity contribution in [2.45, 2.75) is 251 Å². The summed E-state index contributed by atoms with van der Waals surface area (Å²) < 4.78 is 10.6. The molecule has 56 heavy (non-hydrogen) atoms. The van der Waals surface area contributed by atoms with Gasteiger partial charge in [0.25, 0.3) is 0 Å². The Kier molecular flexibility index (Phi) is 45.4. The van der Waals surface area contributed by atoms with Crippen molar-refractivity contribution >= 4 is 11.9 Å². The molecule has 0 spiro atoms. The first-order valence-corrected chi connectivity index (χ1v) is 24.2. The fourth-order valence-corrected chi connectivity index (χ4v) is 6.98. The third kappa shape index (κ3) is 44.6. The Morgan fingerprint density at radius 3 is 1.20 bits per heavy atom. The number of hydrogen-bond acceptors (Lipinski definition) is 5. The second kappa shape index (κ2) is 47.2. The summed E-state index contributed by atoms with van der Waals surface area (Å²) in [6, 6.07) is 0. The van der Waals surface area contributed by atoms with Crippen molar-refractivity contribution in [3.05, 3.63) is 48.6 Å². The lowest BCUT2D eigenvalue weighted by atomic mass is 10.0.